The summed E-state index contributed by atoms with van der Waals surface area (Å²) in [5.41, 5.74) is 1.37. The van der Waals surface area contributed by atoms with E-state index in [2.05, 4.69) is 33.1 Å². The molecule has 1 aromatic carbocycles. The zero-order valence-corrected chi connectivity index (χ0v) is 17.4. The molecule has 2 aliphatic heterocycles. The lowest BCUT2D eigenvalue weighted by Crippen LogP contribution is -2.56. The number of rotatable bonds is 3. The summed E-state index contributed by atoms with van der Waals surface area (Å²) in [5, 5.41) is 4.32. The molecule has 0 aliphatic carbocycles. The van der Waals surface area contributed by atoms with E-state index in [-0.39, 0.29) is 29.4 Å². The highest BCUT2D eigenvalue weighted by Crippen LogP contribution is 2.27. The van der Waals surface area contributed by atoms with Gasteiger partial charge in [-0.15, -0.1) is 24.0 Å². The Morgan fingerprint density at radius 2 is 1.92 bits per heavy atom. The maximum atomic E-state index is 6.30. The van der Waals surface area contributed by atoms with Crippen molar-refractivity contribution in [3.8, 4) is 0 Å². The summed E-state index contributed by atoms with van der Waals surface area (Å²) in [5.74, 6) is 0.983. The molecule has 2 fully saturated rings. The molecule has 3 rings (SSSR count). The molecule has 0 aromatic heterocycles. The zero-order chi connectivity index (χ0) is 16.3. The highest BCUT2D eigenvalue weighted by molar-refractivity contribution is 14.0. The Morgan fingerprint density at radius 1 is 1.25 bits per heavy atom. The van der Waals surface area contributed by atoms with E-state index in [1.807, 2.05) is 25.2 Å². The maximum absolute atomic E-state index is 6.30. The van der Waals surface area contributed by atoms with Gasteiger partial charge in [0.05, 0.1) is 23.9 Å². The number of benzene rings is 1. The van der Waals surface area contributed by atoms with Crippen LogP contribution < -0.4 is 10.2 Å². The van der Waals surface area contributed by atoms with E-state index in [1.165, 1.54) is 0 Å². The quantitative estimate of drug-likeness (QED) is 0.424. The standard InChI is InChI=1S/C17H25ClN4O.HI/c1-17(12-23-13-17)11-20-16(19-2)22-9-7-21(8-10-22)15-6-4-3-5-14(15)18;/h3-6H,7-13H2,1-2H3,(H,19,20);1H. The number of halogens is 2. The first-order valence-corrected chi connectivity index (χ1v) is 8.52. The van der Waals surface area contributed by atoms with E-state index in [1.54, 1.807) is 0 Å². The highest BCUT2D eigenvalue weighted by atomic mass is 127. The van der Waals surface area contributed by atoms with Gasteiger partial charge in [-0.3, -0.25) is 4.99 Å². The van der Waals surface area contributed by atoms with Gasteiger partial charge in [0.25, 0.3) is 0 Å². The van der Waals surface area contributed by atoms with Crippen LogP contribution in [0.25, 0.3) is 0 Å². The number of hydrogen-bond donors (Lipinski definition) is 1. The van der Waals surface area contributed by atoms with Crippen LogP contribution in [0.4, 0.5) is 5.69 Å². The summed E-state index contributed by atoms with van der Waals surface area (Å²) in [7, 11) is 1.85. The van der Waals surface area contributed by atoms with Gasteiger partial charge in [-0.1, -0.05) is 30.7 Å². The summed E-state index contributed by atoms with van der Waals surface area (Å²) in [6.45, 7) is 8.59. The maximum Gasteiger partial charge on any atom is 0.193 e. The number of nitrogens with one attached hydrogen (secondary N) is 1. The molecule has 1 N–H and O–H groups in total. The van der Waals surface area contributed by atoms with Gasteiger partial charge >= 0.3 is 0 Å². The summed E-state index contributed by atoms with van der Waals surface area (Å²) >= 11 is 6.30. The molecular weight excluding hydrogens is 439 g/mol. The van der Waals surface area contributed by atoms with Crippen LogP contribution in [0.5, 0.6) is 0 Å². The van der Waals surface area contributed by atoms with Gasteiger partial charge in [-0.05, 0) is 12.1 Å². The van der Waals surface area contributed by atoms with Crippen molar-refractivity contribution < 1.29 is 4.74 Å². The van der Waals surface area contributed by atoms with E-state index in [4.69, 9.17) is 16.3 Å². The van der Waals surface area contributed by atoms with Gasteiger partial charge < -0.3 is 19.9 Å². The SMILES string of the molecule is CN=C(NCC1(C)COC1)N1CCN(c2ccccc2Cl)CC1.I. The van der Waals surface area contributed by atoms with Crippen molar-refractivity contribution >= 4 is 47.2 Å². The van der Waals surface area contributed by atoms with Crippen molar-refractivity contribution in [2.45, 2.75) is 6.92 Å². The van der Waals surface area contributed by atoms with Gasteiger partial charge in [0.2, 0.25) is 0 Å². The Morgan fingerprint density at radius 3 is 2.46 bits per heavy atom. The first-order chi connectivity index (χ1) is 11.1. The Hall–Kier alpha value is -0.730. The third kappa shape index (κ3) is 4.46. The first kappa shape index (κ1) is 19.6. The molecule has 0 amide bonds. The minimum absolute atomic E-state index is 0. The molecule has 2 saturated heterocycles. The number of anilines is 1. The Balaban J connectivity index is 0.00000208. The summed E-state index contributed by atoms with van der Waals surface area (Å²) < 4.78 is 5.31. The summed E-state index contributed by atoms with van der Waals surface area (Å²) in [6, 6.07) is 8.04. The monoisotopic (exact) mass is 464 g/mol. The molecule has 7 heteroatoms. The summed E-state index contributed by atoms with van der Waals surface area (Å²) in [6.07, 6.45) is 0. The van der Waals surface area contributed by atoms with Crippen molar-refractivity contribution in [3.63, 3.8) is 0 Å². The third-order valence-corrected chi connectivity index (χ3v) is 4.88. The average Bonchev–Trinajstić information content (AvgIpc) is 2.55. The molecule has 0 spiro atoms. The van der Waals surface area contributed by atoms with E-state index in [0.29, 0.717) is 0 Å². The predicted molar refractivity (Wildman–Crippen MR) is 111 cm³/mol. The first-order valence-electron chi connectivity index (χ1n) is 8.14. The third-order valence-electron chi connectivity index (χ3n) is 4.56. The number of ether oxygens (including phenoxy) is 1. The molecule has 5 nitrogen and oxygen atoms in total. The highest BCUT2D eigenvalue weighted by Gasteiger charge is 2.33. The normalized spacial score (nSPS) is 20.2. The molecule has 134 valence electrons. The lowest BCUT2D eigenvalue weighted by molar-refractivity contribution is -0.0972. The molecule has 0 radical (unpaired) electrons. The van der Waals surface area contributed by atoms with Crippen molar-refractivity contribution in [2.24, 2.45) is 10.4 Å². The molecule has 24 heavy (non-hydrogen) atoms. The largest absolute Gasteiger partial charge is 0.380 e. The summed E-state index contributed by atoms with van der Waals surface area (Å²) in [4.78, 5) is 9.09. The van der Waals surface area contributed by atoms with Gasteiger partial charge in [0.15, 0.2) is 5.96 Å². The molecule has 0 atom stereocenters. The molecular formula is C17H26ClIN4O. The van der Waals surface area contributed by atoms with E-state index < -0.39 is 0 Å². The van der Waals surface area contributed by atoms with Crippen molar-refractivity contribution in [2.75, 3.05) is 57.9 Å². The van der Waals surface area contributed by atoms with Crippen LogP contribution in [0, 0.1) is 5.41 Å². The fourth-order valence-corrected chi connectivity index (χ4v) is 3.30. The van der Waals surface area contributed by atoms with Gasteiger partial charge in [0.1, 0.15) is 0 Å². The smallest absolute Gasteiger partial charge is 0.193 e. The number of piperazine rings is 1. The number of hydrogen-bond acceptors (Lipinski definition) is 3. The Kier molecular flexibility index (Phi) is 7.00. The number of para-hydroxylation sites is 1. The molecule has 0 bridgehead atoms. The molecule has 1 aromatic rings. The lowest BCUT2D eigenvalue weighted by atomic mass is 9.89. The van der Waals surface area contributed by atoms with Gasteiger partial charge in [-0.25, -0.2) is 0 Å². The Labute approximate surface area is 166 Å². The average molecular weight is 465 g/mol. The van der Waals surface area contributed by atoms with Crippen LogP contribution in [-0.4, -0.2) is 63.8 Å². The molecule has 2 heterocycles. The molecule has 0 unspecified atom stereocenters. The second-order valence-electron chi connectivity index (χ2n) is 6.63. The topological polar surface area (TPSA) is 40.1 Å². The second-order valence-corrected chi connectivity index (χ2v) is 7.04. The zero-order valence-electron chi connectivity index (χ0n) is 14.3. The van der Waals surface area contributed by atoms with Crippen LogP contribution >= 0.6 is 35.6 Å². The van der Waals surface area contributed by atoms with Crippen LogP contribution in [0.2, 0.25) is 5.02 Å². The van der Waals surface area contributed by atoms with Crippen LogP contribution in [0.3, 0.4) is 0 Å². The van der Waals surface area contributed by atoms with Crippen molar-refractivity contribution in [1.29, 1.82) is 0 Å². The minimum atomic E-state index is 0. The second kappa shape index (κ2) is 8.58. The Bertz CT molecular complexity index is 571. The van der Waals surface area contributed by atoms with Crippen molar-refractivity contribution in [1.82, 2.24) is 10.2 Å². The fourth-order valence-electron chi connectivity index (χ4n) is 3.04. The number of nitrogens with zero attached hydrogens (tertiary/aromatic N) is 3. The number of aliphatic imine (C=N–C) groups is 1. The van der Waals surface area contributed by atoms with Gasteiger partial charge in [0, 0.05) is 45.2 Å². The van der Waals surface area contributed by atoms with Crippen LogP contribution in [0.1, 0.15) is 6.92 Å². The lowest BCUT2D eigenvalue weighted by Gasteiger charge is -2.41. The predicted octanol–water partition coefficient (Wildman–Crippen LogP) is 2.69. The number of guanidine groups is 1. The molecule has 0 saturated carbocycles. The minimum Gasteiger partial charge on any atom is -0.380 e. The van der Waals surface area contributed by atoms with Crippen LogP contribution in [-0.2, 0) is 4.74 Å². The van der Waals surface area contributed by atoms with E-state index >= 15 is 0 Å². The van der Waals surface area contributed by atoms with E-state index in [0.717, 1.165) is 62.6 Å². The van der Waals surface area contributed by atoms with Crippen LogP contribution in [0.15, 0.2) is 29.3 Å². The fraction of sp³-hybridized carbons (Fsp3) is 0.588. The van der Waals surface area contributed by atoms with Gasteiger partial charge in [-0.2, -0.15) is 0 Å². The van der Waals surface area contributed by atoms with Crippen molar-refractivity contribution in [3.05, 3.63) is 29.3 Å². The molecule has 2 aliphatic rings. The van der Waals surface area contributed by atoms with E-state index in [9.17, 15) is 0 Å².